The molecule has 0 unspecified atom stereocenters. The first-order valence-electron chi connectivity index (χ1n) is 8.76. The van der Waals surface area contributed by atoms with E-state index in [1.165, 1.54) is 6.26 Å². The number of anilines is 1. The number of ketones is 1. The molecule has 0 saturated carbocycles. The number of aromatic nitrogens is 1. The summed E-state index contributed by atoms with van der Waals surface area (Å²) in [7, 11) is 0. The van der Waals surface area contributed by atoms with Gasteiger partial charge in [0.25, 0.3) is 5.91 Å². The van der Waals surface area contributed by atoms with Gasteiger partial charge >= 0.3 is 0 Å². The monoisotopic (exact) mass is 341 g/mol. The zero-order chi connectivity index (χ0) is 17.8. The summed E-state index contributed by atoms with van der Waals surface area (Å²) >= 11 is 0. The molecule has 0 fully saturated rings. The number of hydrogen-bond donors (Lipinski definition) is 1. The number of amides is 1. The lowest BCUT2D eigenvalue weighted by Crippen LogP contribution is -2.28. The van der Waals surface area contributed by atoms with E-state index in [2.05, 4.69) is 29.0 Å². The third kappa shape index (κ3) is 3.43. The second kappa shape index (κ2) is 7.51. The normalized spacial score (nSPS) is 13.4. The lowest BCUT2D eigenvalue weighted by Gasteiger charge is -2.22. The first-order chi connectivity index (χ1) is 12.2. The molecule has 1 aliphatic rings. The van der Waals surface area contributed by atoms with Crippen molar-refractivity contribution in [3.05, 3.63) is 47.0 Å². The molecular formula is C19H23N3O3. The molecule has 6 heteroatoms. The average Bonchev–Trinajstić information content (AvgIpc) is 3.07. The Balaban J connectivity index is 1.76. The second-order valence-electron chi connectivity index (χ2n) is 6.07. The number of fused-ring (bicyclic) bond motifs is 1. The predicted molar refractivity (Wildman–Crippen MR) is 94.9 cm³/mol. The summed E-state index contributed by atoms with van der Waals surface area (Å²) < 4.78 is 5.43. The molecule has 0 radical (unpaired) electrons. The fourth-order valence-corrected chi connectivity index (χ4v) is 3.24. The summed E-state index contributed by atoms with van der Waals surface area (Å²) in [6.07, 6.45) is 5.12. The molecule has 2 aromatic heterocycles. The number of aryl methyl sites for hydroxylation is 1. The highest BCUT2D eigenvalue weighted by Crippen LogP contribution is 2.26. The topological polar surface area (TPSA) is 75.4 Å². The Morgan fingerprint density at radius 3 is 2.88 bits per heavy atom. The number of carbonyl (C=O) groups excluding carboxylic acids is 2. The Morgan fingerprint density at radius 1 is 1.32 bits per heavy atom. The predicted octanol–water partition coefficient (Wildman–Crippen LogP) is 2.97. The minimum Gasteiger partial charge on any atom is -0.468 e. The molecule has 0 aromatic carbocycles. The molecular weight excluding hydrogens is 318 g/mol. The van der Waals surface area contributed by atoms with Gasteiger partial charge in [0.1, 0.15) is 17.8 Å². The van der Waals surface area contributed by atoms with E-state index >= 15 is 0 Å². The summed E-state index contributed by atoms with van der Waals surface area (Å²) in [5, 5.41) is 2.90. The van der Waals surface area contributed by atoms with Crippen molar-refractivity contribution >= 4 is 17.5 Å². The molecule has 0 atom stereocenters. The SMILES string of the molecule is CCN(CC)c1ncccc1CNC(=O)c1coc2c1C(=O)CCC2. The minimum absolute atomic E-state index is 0.00893. The molecule has 0 bridgehead atoms. The molecule has 25 heavy (non-hydrogen) atoms. The molecule has 1 aliphatic carbocycles. The Morgan fingerprint density at radius 2 is 2.12 bits per heavy atom. The maximum absolute atomic E-state index is 12.6. The zero-order valence-electron chi connectivity index (χ0n) is 14.7. The van der Waals surface area contributed by atoms with E-state index < -0.39 is 0 Å². The molecule has 6 nitrogen and oxygen atoms in total. The van der Waals surface area contributed by atoms with Crippen molar-refractivity contribution in [2.75, 3.05) is 18.0 Å². The van der Waals surface area contributed by atoms with Crippen molar-refractivity contribution in [1.82, 2.24) is 10.3 Å². The summed E-state index contributed by atoms with van der Waals surface area (Å²) in [6, 6.07) is 3.81. The van der Waals surface area contributed by atoms with Crippen LogP contribution >= 0.6 is 0 Å². The number of carbonyl (C=O) groups is 2. The third-order valence-electron chi connectivity index (χ3n) is 4.57. The molecule has 0 spiro atoms. The molecule has 2 aromatic rings. The van der Waals surface area contributed by atoms with E-state index in [9.17, 15) is 9.59 Å². The van der Waals surface area contributed by atoms with Crippen molar-refractivity contribution in [2.24, 2.45) is 0 Å². The van der Waals surface area contributed by atoms with E-state index in [4.69, 9.17) is 4.42 Å². The van der Waals surface area contributed by atoms with E-state index in [1.807, 2.05) is 12.1 Å². The third-order valence-corrected chi connectivity index (χ3v) is 4.57. The van der Waals surface area contributed by atoms with Crippen LogP contribution < -0.4 is 10.2 Å². The summed E-state index contributed by atoms with van der Waals surface area (Å²) in [6.45, 7) is 6.19. The lowest BCUT2D eigenvalue weighted by molar-refractivity contribution is 0.0926. The van der Waals surface area contributed by atoms with Crippen molar-refractivity contribution in [3.63, 3.8) is 0 Å². The lowest BCUT2D eigenvalue weighted by atomic mass is 9.94. The van der Waals surface area contributed by atoms with Gasteiger partial charge in [-0.2, -0.15) is 0 Å². The van der Waals surface area contributed by atoms with Gasteiger partial charge in [-0.1, -0.05) is 6.07 Å². The second-order valence-corrected chi connectivity index (χ2v) is 6.07. The van der Waals surface area contributed by atoms with Gasteiger partial charge in [-0.05, 0) is 26.3 Å². The van der Waals surface area contributed by atoms with E-state index in [0.717, 1.165) is 30.9 Å². The first-order valence-corrected chi connectivity index (χ1v) is 8.76. The van der Waals surface area contributed by atoms with Gasteiger partial charge in [0, 0.05) is 44.2 Å². The van der Waals surface area contributed by atoms with Crippen LogP contribution in [0.2, 0.25) is 0 Å². The van der Waals surface area contributed by atoms with Crippen LogP contribution in [0.5, 0.6) is 0 Å². The number of Topliss-reactive ketones (excluding diaryl/α,β-unsaturated/α-hetero) is 1. The fraction of sp³-hybridized carbons (Fsp3) is 0.421. The number of nitrogens with one attached hydrogen (secondary N) is 1. The Hall–Kier alpha value is -2.63. The Labute approximate surface area is 147 Å². The molecule has 0 saturated heterocycles. The van der Waals surface area contributed by atoms with Crippen LogP contribution in [0, 0.1) is 0 Å². The first kappa shape index (κ1) is 17.2. The highest BCUT2D eigenvalue weighted by Gasteiger charge is 2.27. The van der Waals surface area contributed by atoms with Crippen LogP contribution in [-0.4, -0.2) is 29.8 Å². The van der Waals surface area contributed by atoms with Crippen LogP contribution in [0.25, 0.3) is 0 Å². The molecule has 132 valence electrons. The fourth-order valence-electron chi connectivity index (χ4n) is 3.24. The number of rotatable bonds is 6. The molecule has 1 N–H and O–H groups in total. The molecule has 1 amide bonds. The quantitative estimate of drug-likeness (QED) is 0.874. The summed E-state index contributed by atoms with van der Waals surface area (Å²) in [5.74, 6) is 1.21. The Bertz CT molecular complexity index is 778. The standard InChI is InChI=1S/C19H23N3O3/c1-3-22(4-2)18-13(7-6-10-20-18)11-21-19(24)14-12-25-16-9-5-8-15(23)17(14)16/h6-7,10,12H,3-5,8-9,11H2,1-2H3,(H,21,24). The largest absolute Gasteiger partial charge is 0.468 e. The van der Waals surface area contributed by atoms with Gasteiger partial charge in [0.15, 0.2) is 5.78 Å². The van der Waals surface area contributed by atoms with Gasteiger partial charge in [0.2, 0.25) is 0 Å². The minimum atomic E-state index is -0.283. The summed E-state index contributed by atoms with van der Waals surface area (Å²) in [4.78, 5) is 31.3. The van der Waals surface area contributed by atoms with E-state index in [0.29, 0.717) is 36.3 Å². The van der Waals surface area contributed by atoms with Crippen molar-refractivity contribution < 1.29 is 14.0 Å². The molecule has 2 heterocycles. The number of pyridine rings is 1. The van der Waals surface area contributed by atoms with Crippen molar-refractivity contribution in [3.8, 4) is 0 Å². The van der Waals surface area contributed by atoms with Crippen LogP contribution in [0.4, 0.5) is 5.82 Å². The van der Waals surface area contributed by atoms with Crippen molar-refractivity contribution in [1.29, 1.82) is 0 Å². The van der Waals surface area contributed by atoms with E-state index in [1.54, 1.807) is 6.20 Å². The highest BCUT2D eigenvalue weighted by atomic mass is 16.3. The molecule has 0 aliphatic heterocycles. The number of nitrogens with zero attached hydrogens (tertiary/aromatic N) is 2. The summed E-state index contributed by atoms with van der Waals surface area (Å²) in [5.41, 5.74) is 1.75. The van der Waals surface area contributed by atoms with Crippen LogP contribution in [0.3, 0.4) is 0 Å². The average molecular weight is 341 g/mol. The molecule has 3 rings (SSSR count). The Kier molecular flexibility index (Phi) is 5.16. The van der Waals surface area contributed by atoms with Crippen LogP contribution in [0.15, 0.2) is 29.0 Å². The van der Waals surface area contributed by atoms with Gasteiger partial charge in [0.05, 0.1) is 11.1 Å². The van der Waals surface area contributed by atoms with Gasteiger partial charge < -0.3 is 14.6 Å². The smallest absolute Gasteiger partial charge is 0.255 e. The number of hydrogen-bond acceptors (Lipinski definition) is 5. The highest BCUT2D eigenvalue weighted by molar-refractivity contribution is 6.09. The number of furan rings is 1. The van der Waals surface area contributed by atoms with Crippen molar-refractivity contribution in [2.45, 2.75) is 39.7 Å². The maximum Gasteiger partial charge on any atom is 0.255 e. The van der Waals surface area contributed by atoms with Gasteiger partial charge in [-0.25, -0.2) is 4.98 Å². The maximum atomic E-state index is 12.6. The van der Waals surface area contributed by atoms with Crippen LogP contribution in [-0.2, 0) is 13.0 Å². The van der Waals surface area contributed by atoms with Crippen LogP contribution in [0.1, 0.15) is 58.7 Å². The van der Waals surface area contributed by atoms with E-state index in [-0.39, 0.29) is 11.7 Å². The zero-order valence-corrected chi connectivity index (χ0v) is 14.7. The van der Waals surface area contributed by atoms with Gasteiger partial charge in [-0.3, -0.25) is 9.59 Å². The van der Waals surface area contributed by atoms with Gasteiger partial charge in [-0.15, -0.1) is 0 Å².